The third-order valence-electron chi connectivity index (χ3n) is 3.80. The molecule has 0 unspecified atom stereocenters. The van der Waals surface area contributed by atoms with Crippen LogP contribution in [-0.2, 0) is 10.2 Å². The summed E-state index contributed by atoms with van der Waals surface area (Å²) in [5.41, 5.74) is 0.621. The smallest absolute Gasteiger partial charge is 0.321 e. The number of urea groups is 1. The molecule has 2 amide bonds. The van der Waals surface area contributed by atoms with Gasteiger partial charge in [0, 0.05) is 45.5 Å². The van der Waals surface area contributed by atoms with Crippen molar-refractivity contribution in [3.05, 3.63) is 24.5 Å². The highest BCUT2D eigenvalue weighted by atomic mass is 32.2. The number of aromatic nitrogens is 1. The predicted octanol–water partition coefficient (Wildman–Crippen LogP) is 0.818. The molecule has 0 atom stereocenters. The Morgan fingerprint density at radius 3 is 2.43 bits per heavy atom. The molecule has 1 aromatic heterocycles. The fourth-order valence-electron chi connectivity index (χ4n) is 2.47. The molecule has 128 valence electrons. The number of piperazine rings is 1. The summed E-state index contributed by atoms with van der Waals surface area (Å²) < 4.78 is 27.7. The predicted molar refractivity (Wildman–Crippen MR) is 88.2 cm³/mol. The van der Waals surface area contributed by atoms with Crippen molar-refractivity contribution in [3.8, 4) is 0 Å². The highest BCUT2D eigenvalue weighted by Crippen LogP contribution is 2.13. The Labute approximate surface area is 137 Å². The first kappa shape index (κ1) is 17.6. The third kappa shape index (κ3) is 4.18. The van der Waals surface area contributed by atoms with Gasteiger partial charge >= 0.3 is 6.03 Å². The van der Waals surface area contributed by atoms with Gasteiger partial charge in [-0.2, -0.15) is 17.0 Å². The van der Waals surface area contributed by atoms with Crippen LogP contribution in [0.4, 0.5) is 10.5 Å². The van der Waals surface area contributed by atoms with Crippen LogP contribution in [0.25, 0.3) is 0 Å². The first-order chi connectivity index (χ1) is 11.0. The van der Waals surface area contributed by atoms with Gasteiger partial charge in [-0.3, -0.25) is 4.98 Å². The molecule has 0 saturated carbocycles. The number of hydrogen-bond acceptors (Lipinski definition) is 4. The third-order valence-corrected chi connectivity index (χ3v) is 5.98. The number of hydrogen-bond donors (Lipinski definition) is 1. The Morgan fingerprint density at radius 2 is 1.91 bits per heavy atom. The van der Waals surface area contributed by atoms with Crippen molar-refractivity contribution in [2.45, 2.75) is 13.8 Å². The molecule has 1 aliphatic heterocycles. The van der Waals surface area contributed by atoms with E-state index in [9.17, 15) is 13.2 Å². The van der Waals surface area contributed by atoms with Crippen LogP contribution in [0.5, 0.6) is 0 Å². The summed E-state index contributed by atoms with van der Waals surface area (Å²) in [6.07, 6.45) is 3.20. The number of anilines is 1. The average molecular weight is 341 g/mol. The zero-order valence-electron chi connectivity index (χ0n) is 13.5. The van der Waals surface area contributed by atoms with Gasteiger partial charge in [0.1, 0.15) is 0 Å². The molecular weight excluding hydrogens is 318 g/mol. The number of rotatable bonds is 5. The summed E-state index contributed by atoms with van der Waals surface area (Å²) in [7, 11) is -3.43. The van der Waals surface area contributed by atoms with Crippen molar-refractivity contribution in [1.82, 2.24) is 18.5 Å². The van der Waals surface area contributed by atoms with E-state index in [4.69, 9.17) is 0 Å². The van der Waals surface area contributed by atoms with E-state index in [0.717, 1.165) is 0 Å². The Balaban J connectivity index is 1.92. The summed E-state index contributed by atoms with van der Waals surface area (Å²) in [6, 6.07) is 3.26. The van der Waals surface area contributed by atoms with Gasteiger partial charge in [0.15, 0.2) is 0 Å². The summed E-state index contributed by atoms with van der Waals surface area (Å²) in [4.78, 5) is 17.7. The van der Waals surface area contributed by atoms with Gasteiger partial charge in [0.25, 0.3) is 10.2 Å². The fraction of sp³-hybridized carbons (Fsp3) is 0.571. The molecule has 0 radical (unpaired) electrons. The Bertz CT molecular complexity index is 611. The van der Waals surface area contributed by atoms with Gasteiger partial charge in [-0.1, -0.05) is 13.8 Å². The first-order valence-corrected chi connectivity index (χ1v) is 9.10. The van der Waals surface area contributed by atoms with Gasteiger partial charge in [0.05, 0.1) is 11.9 Å². The number of pyridine rings is 1. The van der Waals surface area contributed by atoms with E-state index < -0.39 is 10.2 Å². The standard InChI is InChI=1S/C14H23N5O3S/c1-3-18(4-2)23(21,22)19-10-8-17(9-11-19)14(20)16-13-6-5-7-15-12-13/h5-7,12H,3-4,8-11H2,1-2H3,(H,16,20). The molecule has 2 heterocycles. The molecule has 0 bridgehead atoms. The van der Waals surface area contributed by atoms with Crippen LogP contribution < -0.4 is 5.32 Å². The average Bonchev–Trinajstić information content (AvgIpc) is 2.56. The molecule has 2 rings (SSSR count). The minimum absolute atomic E-state index is 0.238. The molecule has 0 aromatic carbocycles. The van der Waals surface area contributed by atoms with E-state index in [2.05, 4.69) is 10.3 Å². The van der Waals surface area contributed by atoms with Crippen LogP contribution in [0, 0.1) is 0 Å². The number of carbonyl (C=O) groups excluding carboxylic acids is 1. The van der Waals surface area contributed by atoms with Crippen LogP contribution in [-0.4, -0.2) is 72.2 Å². The van der Waals surface area contributed by atoms with E-state index in [1.807, 2.05) is 13.8 Å². The molecule has 1 saturated heterocycles. The Hall–Kier alpha value is -1.71. The fourth-order valence-corrected chi connectivity index (χ4v) is 4.08. The lowest BCUT2D eigenvalue weighted by Crippen LogP contribution is -2.54. The van der Waals surface area contributed by atoms with E-state index in [-0.39, 0.29) is 6.03 Å². The molecule has 1 aliphatic rings. The first-order valence-electron chi connectivity index (χ1n) is 7.70. The molecular formula is C14H23N5O3S. The maximum Gasteiger partial charge on any atom is 0.321 e. The summed E-state index contributed by atoms with van der Waals surface area (Å²) in [5, 5.41) is 2.76. The second-order valence-corrected chi connectivity index (χ2v) is 7.08. The van der Waals surface area contributed by atoms with Gasteiger partial charge in [-0.25, -0.2) is 4.79 Å². The Morgan fingerprint density at radius 1 is 1.26 bits per heavy atom. The highest BCUT2D eigenvalue weighted by molar-refractivity contribution is 7.86. The molecule has 23 heavy (non-hydrogen) atoms. The molecule has 8 nitrogen and oxygen atoms in total. The Kier molecular flexibility index (Phi) is 5.91. The zero-order valence-corrected chi connectivity index (χ0v) is 14.3. The largest absolute Gasteiger partial charge is 0.322 e. The topological polar surface area (TPSA) is 85.9 Å². The van der Waals surface area contributed by atoms with Crippen molar-refractivity contribution in [2.75, 3.05) is 44.6 Å². The maximum absolute atomic E-state index is 12.4. The highest BCUT2D eigenvalue weighted by Gasteiger charge is 2.32. The lowest BCUT2D eigenvalue weighted by Gasteiger charge is -2.36. The lowest BCUT2D eigenvalue weighted by atomic mass is 10.4. The van der Waals surface area contributed by atoms with Gasteiger partial charge in [0.2, 0.25) is 0 Å². The molecule has 1 fully saturated rings. The molecule has 0 aliphatic carbocycles. The number of nitrogens with zero attached hydrogens (tertiary/aromatic N) is 4. The quantitative estimate of drug-likeness (QED) is 0.859. The molecule has 9 heteroatoms. The second kappa shape index (κ2) is 7.71. The van der Waals surface area contributed by atoms with E-state index in [1.54, 1.807) is 29.4 Å². The van der Waals surface area contributed by atoms with Crippen molar-refractivity contribution in [2.24, 2.45) is 0 Å². The summed E-state index contributed by atoms with van der Waals surface area (Å²) in [5.74, 6) is 0. The van der Waals surface area contributed by atoms with Crippen LogP contribution >= 0.6 is 0 Å². The summed E-state index contributed by atoms with van der Waals surface area (Å²) in [6.45, 7) is 5.87. The van der Waals surface area contributed by atoms with E-state index in [0.29, 0.717) is 45.0 Å². The molecule has 1 aromatic rings. The number of carbonyl (C=O) groups is 1. The summed E-state index contributed by atoms with van der Waals surface area (Å²) >= 11 is 0. The van der Waals surface area contributed by atoms with Crippen molar-refractivity contribution in [3.63, 3.8) is 0 Å². The monoisotopic (exact) mass is 341 g/mol. The second-order valence-electron chi connectivity index (χ2n) is 5.15. The van der Waals surface area contributed by atoms with Crippen LogP contribution in [0.15, 0.2) is 24.5 Å². The van der Waals surface area contributed by atoms with E-state index >= 15 is 0 Å². The van der Waals surface area contributed by atoms with Crippen molar-refractivity contribution >= 4 is 21.9 Å². The van der Waals surface area contributed by atoms with Gasteiger partial charge in [-0.15, -0.1) is 0 Å². The molecule has 1 N–H and O–H groups in total. The van der Waals surface area contributed by atoms with E-state index in [1.165, 1.54) is 8.61 Å². The zero-order chi connectivity index (χ0) is 16.9. The maximum atomic E-state index is 12.4. The SMILES string of the molecule is CCN(CC)S(=O)(=O)N1CCN(C(=O)Nc2cccnc2)CC1. The van der Waals surface area contributed by atoms with Gasteiger partial charge < -0.3 is 10.2 Å². The number of nitrogens with one attached hydrogen (secondary N) is 1. The lowest BCUT2D eigenvalue weighted by molar-refractivity contribution is 0.181. The van der Waals surface area contributed by atoms with Crippen molar-refractivity contribution in [1.29, 1.82) is 0 Å². The normalized spacial score (nSPS) is 16.6. The number of amides is 2. The van der Waals surface area contributed by atoms with Crippen molar-refractivity contribution < 1.29 is 13.2 Å². The minimum atomic E-state index is -3.43. The van der Waals surface area contributed by atoms with Gasteiger partial charge in [-0.05, 0) is 12.1 Å². The van der Waals surface area contributed by atoms with Crippen LogP contribution in [0.2, 0.25) is 0 Å². The molecule has 0 spiro atoms. The van der Waals surface area contributed by atoms with Crippen LogP contribution in [0.3, 0.4) is 0 Å². The minimum Gasteiger partial charge on any atom is -0.322 e. The van der Waals surface area contributed by atoms with Crippen LogP contribution in [0.1, 0.15) is 13.8 Å².